The van der Waals surface area contributed by atoms with Gasteiger partial charge >= 0.3 is 0 Å². The predicted molar refractivity (Wildman–Crippen MR) is 67.0 cm³/mol. The van der Waals surface area contributed by atoms with Gasteiger partial charge in [-0.2, -0.15) is 0 Å². The Morgan fingerprint density at radius 2 is 2.28 bits per heavy atom. The van der Waals surface area contributed by atoms with Crippen LogP contribution in [0, 0.1) is 0 Å². The highest BCUT2D eigenvalue weighted by molar-refractivity contribution is 5.97. The Morgan fingerprint density at radius 1 is 1.50 bits per heavy atom. The van der Waals surface area contributed by atoms with E-state index in [-0.39, 0.29) is 24.5 Å². The molecule has 2 heterocycles. The Kier molecular flexibility index (Phi) is 3.90. The lowest BCUT2D eigenvalue weighted by molar-refractivity contribution is -0.153. The third-order valence-electron chi connectivity index (χ3n) is 4.17. The molecule has 2 amide bonds. The van der Waals surface area contributed by atoms with Crippen molar-refractivity contribution >= 4 is 11.8 Å². The minimum absolute atomic E-state index is 0.0111. The van der Waals surface area contributed by atoms with E-state index in [0.717, 1.165) is 25.9 Å². The van der Waals surface area contributed by atoms with Gasteiger partial charge in [0.05, 0.1) is 12.6 Å². The zero-order valence-electron chi connectivity index (χ0n) is 11.2. The van der Waals surface area contributed by atoms with E-state index in [2.05, 4.69) is 5.32 Å². The van der Waals surface area contributed by atoms with Crippen LogP contribution in [-0.2, 0) is 14.3 Å². The molecule has 0 spiro atoms. The van der Waals surface area contributed by atoms with E-state index in [1.54, 1.807) is 4.90 Å². The molecule has 0 bridgehead atoms. The third-order valence-corrected chi connectivity index (χ3v) is 4.17. The molecular weight excluding hydrogens is 232 g/mol. The van der Waals surface area contributed by atoms with Crippen molar-refractivity contribution in [1.82, 2.24) is 10.2 Å². The normalized spacial score (nSPS) is 32.8. The Balaban J connectivity index is 2.01. The standard InChI is InChI=1S/C13H22N2O3/c1-3-13(2)12(17)14-9-11(16)15(13)7-6-10-5-4-8-18-10/h10H,3-9H2,1-2H3,(H,14,17). The van der Waals surface area contributed by atoms with Gasteiger partial charge in [0.15, 0.2) is 0 Å². The number of rotatable bonds is 4. The van der Waals surface area contributed by atoms with Gasteiger partial charge < -0.3 is 15.0 Å². The van der Waals surface area contributed by atoms with E-state index in [4.69, 9.17) is 4.74 Å². The van der Waals surface area contributed by atoms with Crippen LogP contribution in [0.15, 0.2) is 0 Å². The molecule has 2 rings (SSSR count). The van der Waals surface area contributed by atoms with E-state index in [1.807, 2.05) is 13.8 Å². The van der Waals surface area contributed by atoms with Crippen molar-refractivity contribution in [2.75, 3.05) is 19.7 Å². The number of piperazine rings is 1. The summed E-state index contributed by atoms with van der Waals surface area (Å²) in [5.74, 6) is -0.0334. The van der Waals surface area contributed by atoms with Gasteiger partial charge in [0.2, 0.25) is 11.8 Å². The Labute approximate surface area is 108 Å². The lowest BCUT2D eigenvalue weighted by atomic mass is 9.92. The molecular formula is C13H22N2O3. The van der Waals surface area contributed by atoms with E-state index in [1.165, 1.54) is 0 Å². The highest BCUT2D eigenvalue weighted by Crippen LogP contribution is 2.25. The molecule has 0 aromatic rings. The molecule has 2 unspecified atom stereocenters. The molecule has 2 aliphatic rings. The zero-order valence-corrected chi connectivity index (χ0v) is 11.2. The maximum Gasteiger partial charge on any atom is 0.246 e. The average Bonchev–Trinajstić information content (AvgIpc) is 2.87. The van der Waals surface area contributed by atoms with Crippen LogP contribution in [0.4, 0.5) is 0 Å². The van der Waals surface area contributed by atoms with E-state index < -0.39 is 5.54 Å². The van der Waals surface area contributed by atoms with Gasteiger partial charge in [-0.05, 0) is 32.6 Å². The lowest BCUT2D eigenvalue weighted by Crippen LogP contribution is -2.65. The summed E-state index contributed by atoms with van der Waals surface area (Å²) in [6.07, 6.45) is 3.88. The van der Waals surface area contributed by atoms with Gasteiger partial charge in [-0.3, -0.25) is 9.59 Å². The Morgan fingerprint density at radius 3 is 2.89 bits per heavy atom. The quantitative estimate of drug-likeness (QED) is 0.802. The molecule has 0 saturated carbocycles. The molecule has 1 N–H and O–H groups in total. The highest BCUT2D eigenvalue weighted by Gasteiger charge is 2.44. The predicted octanol–water partition coefficient (Wildman–Crippen LogP) is 0.683. The minimum atomic E-state index is -0.700. The Bertz CT molecular complexity index is 339. The number of nitrogens with one attached hydrogen (secondary N) is 1. The third kappa shape index (κ3) is 2.36. The summed E-state index contributed by atoms with van der Waals surface area (Å²) in [6.45, 7) is 5.34. The number of carbonyl (C=O) groups is 2. The number of nitrogens with zero attached hydrogens (tertiary/aromatic N) is 1. The zero-order chi connectivity index (χ0) is 13.2. The van der Waals surface area contributed by atoms with Crippen LogP contribution >= 0.6 is 0 Å². The van der Waals surface area contributed by atoms with Crippen molar-refractivity contribution in [3.05, 3.63) is 0 Å². The summed E-state index contributed by atoms with van der Waals surface area (Å²) in [5, 5.41) is 2.67. The number of carbonyl (C=O) groups excluding carboxylic acids is 2. The number of amides is 2. The van der Waals surface area contributed by atoms with Crippen LogP contribution in [0.2, 0.25) is 0 Å². The summed E-state index contributed by atoms with van der Waals surface area (Å²) in [7, 11) is 0. The first-order valence-corrected chi connectivity index (χ1v) is 6.78. The number of hydrogen-bond donors (Lipinski definition) is 1. The Hall–Kier alpha value is -1.10. The summed E-state index contributed by atoms with van der Waals surface area (Å²) in [4.78, 5) is 25.7. The van der Waals surface area contributed by atoms with Gasteiger partial charge in [0, 0.05) is 13.2 Å². The van der Waals surface area contributed by atoms with Crippen molar-refractivity contribution in [3.8, 4) is 0 Å². The average molecular weight is 254 g/mol. The van der Waals surface area contributed by atoms with Crippen molar-refractivity contribution in [2.45, 2.75) is 51.2 Å². The SMILES string of the molecule is CCC1(C)C(=O)NCC(=O)N1CCC1CCCO1. The molecule has 0 aromatic heterocycles. The summed E-state index contributed by atoms with van der Waals surface area (Å²) < 4.78 is 5.57. The lowest BCUT2D eigenvalue weighted by Gasteiger charge is -2.43. The number of hydrogen-bond acceptors (Lipinski definition) is 3. The second-order valence-corrected chi connectivity index (χ2v) is 5.28. The van der Waals surface area contributed by atoms with Crippen molar-refractivity contribution in [1.29, 1.82) is 0 Å². The van der Waals surface area contributed by atoms with Crippen molar-refractivity contribution < 1.29 is 14.3 Å². The summed E-state index contributed by atoms with van der Waals surface area (Å²) in [5.41, 5.74) is -0.700. The first kappa shape index (κ1) is 13.3. The molecule has 0 aliphatic carbocycles. The van der Waals surface area contributed by atoms with E-state index in [0.29, 0.717) is 13.0 Å². The molecule has 2 fully saturated rings. The topological polar surface area (TPSA) is 58.6 Å². The minimum Gasteiger partial charge on any atom is -0.378 e. The molecule has 102 valence electrons. The second-order valence-electron chi connectivity index (χ2n) is 5.28. The molecule has 5 heteroatoms. The summed E-state index contributed by atoms with van der Waals surface area (Å²) in [6, 6.07) is 0. The summed E-state index contributed by atoms with van der Waals surface area (Å²) >= 11 is 0. The molecule has 2 saturated heterocycles. The molecule has 18 heavy (non-hydrogen) atoms. The van der Waals surface area contributed by atoms with E-state index in [9.17, 15) is 9.59 Å². The fourth-order valence-electron chi connectivity index (χ4n) is 2.71. The fourth-order valence-corrected chi connectivity index (χ4v) is 2.71. The molecule has 5 nitrogen and oxygen atoms in total. The van der Waals surface area contributed by atoms with Gasteiger partial charge in [0.1, 0.15) is 5.54 Å². The molecule has 2 atom stereocenters. The van der Waals surface area contributed by atoms with Gasteiger partial charge in [-0.15, -0.1) is 0 Å². The molecule has 0 radical (unpaired) electrons. The van der Waals surface area contributed by atoms with Crippen LogP contribution in [-0.4, -0.2) is 48.1 Å². The van der Waals surface area contributed by atoms with Crippen molar-refractivity contribution in [2.24, 2.45) is 0 Å². The van der Waals surface area contributed by atoms with Gasteiger partial charge in [-0.25, -0.2) is 0 Å². The van der Waals surface area contributed by atoms with Crippen LogP contribution in [0.25, 0.3) is 0 Å². The van der Waals surface area contributed by atoms with Crippen LogP contribution < -0.4 is 5.32 Å². The van der Waals surface area contributed by atoms with Crippen molar-refractivity contribution in [3.63, 3.8) is 0 Å². The largest absolute Gasteiger partial charge is 0.378 e. The smallest absolute Gasteiger partial charge is 0.246 e. The van der Waals surface area contributed by atoms with Crippen LogP contribution in [0.5, 0.6) is 0 Å². The monoisotopic (exact) mass is 254 g/mol. The van der Waals surface area contributed by atoms with E-state index >= 15 is 0 Å². The maximum absolute atomic E-state index is 12.0. The van der Waals surface area contributed by atoms with Crippen LogP contribution in [0.1, 0.15) is 39.5 Å². The fraction of sp³-hybridized carbons (Fsp3) is 0.846. The number of ether oxygens (including phenoxy) is 1. The first-order chi connectivity index (χ1) is 8.58. The van der Waals surface area contributed by atoms with Gasteiger partial charge in [0.25, 0.3) is 0 Å². The maximum atomic E-state index is 12.0. The molecule has 0 aromatic carbocycles. The highest BCUT2D eigenvalue weighted by atomic mass is 16.5. The van der Waals surface area contributed by atoms with Gasteiger partial charge in [-0.1, -0.05) is 6.92 Å². The first-order valence-electron chi connectivity index (χ1n) is 6.78. The van der Waals surface area contributed by atoms with Crippen LogP contribution in [0.3, 0.4) is 0 Å². The molecule has 2 aliphatic heterocycles. The second kappa shape index (κ2) is 5.26.